The third-order valence-corrected chi connectivity index (χ3v) is 4.04. The molecular formula is C14H17NO3. The van der Waals surface area contributed by atoms with E-state index in [0.29, 0.717) is 13.0 Å². The number of carbonyl (C=O) groups excluding carboxylic acids is 1. The van der Waals surface area contributed by atoms with Gasteiger partial charge in [-0.3, -0.25) is 4.79 Å². The van der Waals surface area contributed by atoms with Gasteiger partial charge in [0.2, 0.25) is 5.91 Å². The van der Waals surface area contributed by atoms with Gasteiger partial charge in [-0.2, -0.15) is 0 Å². The van der Waals surface area contributed by atoms with Crippen molar-refractivity contribution in [2.75, 3.05) is 7.11 Å². The number of piperidine rings is 1. The molecule has 3 rings (SSSR count). The lowest BCUT2D eigenvalue weighted by atomic mass is 10.1. The van der Waals surface area contributed by atoms with Crippen LogP contribution < -0.4 is 4.74 Å². The average Bonchev–Trinajstić information content (AvgIpc) is 2.89. The largest absolute Gasteiger partial charge is 0.497 e. The van der Waals surface area contributed by atoms with E-state index in [-0.39, 0.29) is 24.0 Å². The van der Waals surface area contributed by atoms with Crippen LogP contribution in [0.1, 0.15) is 18.4 Å². The maximum Gasteiger partial charge on any atom is 0.226 e. The fraction of sp³-hybridized carbons (Fsp3) is 0.500. The molecule has 1 saturated heterocycles. The summed E-state index contributed by atoms with van der Waals surface area (Å²) >= 11 is 0. The van der Waals surface area contributed by atoms with Crippen LogP contribution in [-0.4, -0.2) is 35.2 Å². The van der Waals surface area contributed by atoms with Crippen molar-refractivity contribution in [1.29, 1.82) is 0 Å². The molecule has 1 aromatic carbocycles. The fourth-order valence-corrected chi connectivity index (χ4v) is 3.05. The number of hydrogen-bond acceptors (Lipinski definition) is 3. The van der Waals surface area contributed by atoms with Gasteiger partial charge in [0.05, 0.1) is 19.3 Å². The van der Waals surface area contributed by atoms with Crippen molar-refractivity contribution in [3.8, 4) is 5.75 Å². The number of ether oxygens (including phenoxy) is 1. The average molecular weight is 247 g/mol. The Labute approximate surface area is 106 Å². The van der Waals surface area contributed by atoms with Gasteiger partial charge in [-0.1, -0.05) is 12.1 Å². The van der Waals surface area contributed by atoms with Gasteiger partial charge in [-0.05, 0) is 30.5 Å². The number of hydrogen-bond donors (Lipinski definition) is 1. The Balaban J connectivity index is 1.74. The number of nitrogens with zero attached hydrogens (tertiary/aromatic N) is 1. The van der Waals surface area contributed by atoms with Crippen molar-refractivity contribution in [2.45, 2.75) is 31.5 Å². The SMILES string of the molecule is COc1ccc(CN2C(=O)C3CC(O)C2C3)cc1. The maximum absolute atomic E-state index is 12.0. The minimum atomic E-state index is -0.342. The summed E-state index contributed by atoms with van der Waals surface area (Å²) in [5.41, 5.74) is 1.07. The highest BCUT2D eigenvalue weighted by atomic mass is 16.5. The van der Waals surface area contributed by atoms with Crippen LogP contribution in [0.3, 0.4) is 0 Å². The van der Waals surface area contributed by atoms with Crippen molar-refractivity contribution in [3.05, 3.63) is 29.8 Å². The third-order valence-electron chi connectivity index (χ3n) is 4.04. The van der Waals surface area contributed by atoms with Crippen molar-refractivity contribution in [3.63, 3.8) is 0 Å². The highest BCUT2D eigenvalue weighted by Crippen LogP contribution is 2.39. The molecule has 1 heterocycles. The standard InChI is InChI=1S/C14H17NO3/c1-18-11-4-2-9(3-5-11)8-15-12-6-10(14(15)17)7-13(12)16/h2-5,10,12-13,16H,6-8H2,1H3. The molecule has 18 heavy (non-hydrogen) atoms. The predicted molar refractivity (Wildman–Crippen MR) is 66.1 cm³/mol. The monoisotopic (exact) mass is 247 g/mol. The van der Waals surface area contributed by atoms with Gasteiger partial charge >= 0.3 is 0 Å². The van der Waals surface area contributed by atoms with Gasteiger partial charge in [0.1, 0.15) is 5.75 Å². The lowest BCUT2D eigenvalue weighted by Gasteiger charge is -2.30. The van der Waals surface area contributed by atoms with E-state index < -0.39 is 0 Å². The minimum Gasteiger partial charge on any atom is -0.497 e. The smallest absolute Gasteiger partial charge is 0.226 e. The number of rotatable bonds is 3. The Morgan fingerprint density at radius 3 is 2.67 bits per heavy atom. The molecule has 3 atom stereocenters. The van der Waals surface area contributed by atoms with Crippen LogP contribution in [0.2, 0.25) is 0 Å². The van der Waals surface area contributed by atoms with E-state index in [9.17, 15) is 9.90 Å². The number of methoxy groups -OCH3 is 1. The molecule has 4 heteroatoms. The first kappa shape index (κ1) is 11.5. The Morgan fingerprint density at radius 2 is 2.06 bits per heavy atom. The molecule has 0 aromatic heterocycles. The van der Waals surface area contributed by atoms with Crippen LogP contribution in [0.15, 0.2) is 24.3 Å². The van der Waals surface area contributed by atoms with Crippen molar-refractivity contribution in [1.82, 2.24) is 4.90 Å². The zero-order valence-corrected chi connectivity index (χ0v) is 10.4. The summed E-state index contributed by atoms with van der Waals surface area (Å²) in [6.45, 7) is 0.584. The second kappa shape index (κ2) is 4.28. The van der Waals surface area contributed by atoms with Crippen LogP contribution in [0.4, 0.5) is 0 Å². The number of benzene rings is 1. The first-order valence-corrected chi connectivity index (χ1v) is 6.30. The summed E-state index contributed by atoms with van der Waals surface area (Å²) in [6, 6.07) is 7.73. The molecule has 1 aliphatic carbocycles. The summed E-state index contributed by atoms with van der Waals surface area (Å²) in [7, 11) is 1.63. The quantitative estimate of drug-likeness (QED) is 0.872. The zero-order chi connectivity index (χ0) is 12.7. The molecule has 96 valence electrons. The van der Waals surface area contributed by atoms with E-state index in [1.165, 1.54) is 0 Å². The van der Waals surface area contributed by atoms with Gasteiger partial charge in [0.15, 0.2) is 0 Å². The van der Waals surface area contributed by atoms with Crippen molar-refractivity contribution < 1.29 is 14.6 Å². The van der Waals surface area contributed by atoms with Gasteiger partial charge < -0.3 is 14.7 Å². The van der Waals surface area contributed by atoms with Crippen molar-refractivity contribution >= 4 is 5.91 Å². The molecule has 4 nitrogen and oxygen atoms in total. The van der Waals surface area contributed by atoms with Gasteiger partial charge in [-0.25, -0.2) is 0 Å². The van der Waals surface area contributed by atoms with E-state index in [1.54, 1.807) is 7.11 Å². The minimum absolute atomic E-state index is 0.0181. The summed E-state index contributed by atoms with van der Waals surface area (Å²) in [5.74, 6) is 1.05. The first-order valence-electron chi connectivity index (χ1n) is 6.30. The van der Waals surface area contributed by atoms with Gasteiger partial charge in [-0.15, -0.1) is 0 Å². The number of aliphatic hydroxyl groups is 1. The summed E-state index contributed by atoms with van der Waals surface area (Å²) in [6.07, 6.45) is 1.12. The molecular weight excluding hydrogens is 230 g/mol. The molecule has 0 radical (unpaired) electrons. The van der Waals surface area contributed by atoms with Crippen LogP contribution in [0.25, 0.3) is 0 Å². The molecule has 0 spiro atoms. The highest BCUT2D eigenvalue weighted by Gasteiger charge is 2.49. The van der Waals surface area contributed by atoms with Crippen LogP contribution >= 0.6 is 0 Å². The molecule has 2 fully saturated rings. The molecule has 2 aliphatic rings. The van der Waals surface area contributed by atoms with Gasteiger partial charge in [0.25, 0.3) is 0 Å². The van der Waals surface area contributed by atoms with E-state index in [0.717, 1.165) is 17.7 Å². The first-order chi connectivity index (χ1) is 8.69. The molecule has 1 amide bonds. The normalized spacial score (nSPS) is 30.0. The molecule has 1 aliphatic heterocycles. The predicted octanol–water partition coefficient (Wildman–Crippen LogP) is 1.18. The fourth-order valence-electron chi connectivity index (χ4n) is 3.05. The molecule has 1 saturated carbocycles. The number of aliphatic hydroxyl groups excluding tert-OH is 1. The lowest BCUT2D eigenvalue weighted by molar-refractivity contribution is -0.138. The van der Waals surface area contributed by atoms with Crippen LogP contribution in [0.5, 0.6) is 5.75 Å². The number of amides is 1. The van der Waals surface area contributed by atoms with E-state index in [2.05, 4.69) is 0 Å². The zero-order valence-electron chi connectivity index (χ0n) is 10.4. The maximum atomic E-state index is 12.0. The summed E-state index contributed by atoms with van der Waals surface area (Å²) < 4.78 is 5.11. The summed E-state index contributed by atoms with van der Waals surface area (Å²) in [5, 5.41) is 9.85. The second-order valence-corrected chi connectivity index (χ2v) is 5.12. The number of likely N-dealkylation sites (tertiary alicyclic amines) is 1. The Kier molecular flexibility index (Phi) is 2.74. The van der Waals surface area contributed by atoms with Crippen LogP contribution in [-0.2, 0) is 11.3 Å². The van der Waals surface area contributed by atoms with E-state index >= 15 is 0 Å². The molecule has 3 unspecified atom stereocenters. The molecule has 1 aromatic rings. The molecule has 2 bridgehead atoms. The topological polar surface area (TPSA) is 49.8 Å². The highest BCUT2D eigenvalue weighted by molar-refractivity contribution is 5.82. The number of fused-ring (bicyclic) bond motifs is 2. The summed E-state index contributed by atoms with van der Waals surface area (Å²) in [4.78, 5) is 13.9. The van der Waals surface area contributed by atoms with E-state index in [4.69, 9.17) is 4.74 Å². The van der Waals surface area contributed by atoms with Crippen molar-refractivity contribution in [2.24, 2.45) is 5.92 Å². The van der Waals surface area contributed by atoms with Crippen LogP contribution in [0, 0.1) is 5.92 Å². The third kappa shape index (κ3) is 1.77. The Morgan fingerprint density at radius 1 is 1.33 bits per heavy atom. The van der Waals surface area contributed by atoms with Gasteiger partial charge in [0, 0.05) is 12.5 Å². The van der Waals surface area contributed by atoms with E-state index in [1.807, 2.05) is 29.2 Å². The Hall–Kier alpha value is -1.55. The Bertz CT molecular complexity index is 457. The number of carbonyl (C=O) groups is 1. The lowest BCUT2D eigenvalue weighted by Crippen LogP contribution is -2.43. The molecule has 1 N–H and O–H groups in total. The second-order valence-electron chi connectivity index (χ2n) is 5.12.